The number of rotatable bonds is 4. The van der Waals surface area contributed by atoms with Gasteiger partial charge in [0, 0.05) is 18.7 Å². The molecule has 0 fully saturated rings. The number of nitrogens with one attached hydrogen (secondary N) is 2. The van der Waals surface area contributed by atoms with E-state index in [1.165, 1.54) is 31.2 Å². The van der Waals surface area contributed by atoms with Gasteiger partial charge in [0.25, 0.3) is 0 Å². The summed E-state index contributed by atoms with van der Waals surface area (Å²) in [6.45, 7) is 1.38. The SMILES string of the molecule is CC(=O)Nc1ccc(NC(=O)/C=C/c2ccc(F)cc2)cc1Cl. The van der Waals surface area contributed by atoms with E-state index in [0.717, 1.165) is 0 Å². The summed E-state index contributed by atoms with van der Waals surface area (Å²) in [5.41, 5.74) is 1.68. The molecule has 23 heavy (non-hydrogen) atoms. The van der Waals surface area contributed by atoms with Gasteiger partial charge in [0.15, 0.2) is 0 Å². The van der Waals surface area contributed by atoms with E-state index in [0.29, 0.717) is 22.0 Å². The highest BCUT2D eigenvalue weighted by Crippen LogP contribution is 2.25. The quantitative estimate of drug-likeness (QED) is 0.828. The minimum absolute atomic E-state index is 0.231. The van der Waals surface area contributed by atoms with E-state index in [1.807, 2.05) is 0 Å². The van der Waals surface area contributed by atoms with Gasteiger partial charge in [-0.15, -0.1) is 0 Å². The molecule has 0 unspecified atom stereocenters. The molecule has 0 saturated carbocycles. The summed E-state index contributed by atoms with van der Waals surface area (Å²) in [5, 5.41) is 5.54. The maximum atomic E-state index is 12.8. The molecule has 0 aliphatic rings. The van der Waals surface area contributed by atoms with Gasteiger partial charge in [0.05, 0.1) is 10.7 Å². The molecule has 0 heterocycles. The van der Waals surface area contributed by atoms with Crippen molar-refractivity contribution in [3.63, 3.8) is 0 Å². The normalized spacial score (nSPS) is 10.6. The summed E-state index contributed by atoms with van der Waals surface area (Å²) in [6.07, 6.45) is 2.91. The lowest BCUT2D eigenvalue weighted by molar-refractivity contribution is -0.114. The highest BCUT2D eigenvalue weighted by molar-refractivity contribution is 6.34. The monoisotopic (exact) mass is 332 g/mol. The topological polar surface area (TPSA) is 58.2 Å². The van der Waals surface area contributed by atoms with Gasteiger partial charge in [-0.05, 0) is 42.0 Å². The zero-order valence-electron chi connectivity index (χ0n) is 12.3. The fourth-order valence-electron chi connectivity index (χ4n) is 1.81. The Morgan fingerprint density at radius 2 is 1.78 bits per heavy atom. The molecule has 0 saturated heterocycles. The Bertz CT molecular complexity index is 758. The van der Waals surface area contributed by atoms with Crippen LogP contribution >= 0.6 is 11.6 Å². The first-order chi connectivity index (χ1) is 10.9. The first-order valence-electron chi connectivity index (χ1n) is 6.76. The van der Waals surface area contributed by atoms with Crippen LogP contribution in [0.5, 0.6) is 0 Å². The second kappa shape index (κ2) is 7.56. The number of carbonyl (C=O) groups excluding carboxylic acids is 2. The minimum Gasteiger partial charge on any atom is -0.325 e. The Hall–Kier alpha value is -2.66. The van der Waals surface area contributed by atoms with Crippen molar-refractivity contribution in [2.75, 3.05) is 10.6 Å². The van der Waals surface area contributed by atoms with Gasteiger partial charge in [0.1, 0.15) is 5.82 Å². The van der Waals surface area contributed by atoms with E-state index in [4.69, 9.17) is 11.6 Å². The molecule has 0 atom stereocenters. The molecular formula is C17H14ClFN2O2. The Morgan fingerprint density at radius 3 is 2.39 bits per heavy atom. The van der Waals surface area contributed by atoms with Crippen molar-refractivity contribution in [1.29, 1.82) is 0 Å². The molecule has 2 rings (SSSR count). The average Bonchev–Trinajstić information content (AvgIpc) is 2.49. The molecular weight excluding hydrogens is 319 g/mol. The van der Waals surface area contributed by atoms with Crippen LogP contribution in [0.1, 0.15) is 12.5 Å². The van der Waals surface area contributed by atoms with Gasteiger partial charge in [-0.25, -0.2) is 4.39 Å². The maximum absolute atomic E-state index is 12.8. The molecule has 0 bridgehead atoms. The second-order valence-corrected chi connectivity index (χ2v) is 5.16. The van der Waals surface area contributed by atoms with Gasteiger partial charge >= 0.3 is 0 Å². The van der Waals surface area contributed by atoms with Gasteiger partial charge in [-0.3, -0.25) is 9.59 Å². The van der Waals surface area contributed by atoms with E-state index in [2.05, 4.69) is 10.6 Å². The lowest BCUT2D eigenvalue weighted by Crippen LogP contribution is -2.09. The van der Waals surface area contributed by atoms with Crippen molar-refractivity contribution in [2.24, 2.45) is 0 Å². The summed E-state index contributed by atoms with van der Waals surface area (Å²) in [7, 11) is 0. The standard InChI is InChI=1S/C17H14ClFN2O2/c1-11(22)20-16-8-7-14(10-15(16)18)21-17(23)9-4-12-2-5-13(19)6-3-12/h2-10H,1H3,(H,20,22)(H,21,23)/b9-4+. The Morgan fingerprint density at radius 1 is 1.09 bits per heavy atom. The summed E-state index contributed by atoms with van der Waals surface area (Å²) in [4.78, 5) is 22.8. The van der Waals surface area contributed by atoms with E-state index < -0.39 is 0 Å². The number of benzene rings is 2. The molecule has 0 aliphatic carbocycles. The highest BCUT2D eigenvalue weighted by Gasteiger charge is 2.05. The number of hydrogen-bond donors (Lipinski definition) is 2. The van der Waals surface area contributed by atoms with Gasteiger partial charge < -0.3 is 10.6 Å². The van der Waals surface area contributed by atoms with Crippen LogP contribution in [-0.2, 0) is 9.59 Å². The molecule has 2 N–H and O–H groups in total. The fourth-order valence-corrected chi connectivity index (χ4v) is 2.04. The predicted octanol–water partition coefficient (Wildman–Crippen LogP) is 4.09. The predicted molar refractivity (Wildman–Crippen MR) is 89.8 cm³/mol. The summed E-state index contributed by atoms with van der Waals surface area (Å²) < 4.78 is 12.8. The number of amides is 2. The van der Waals surface area contributed by atoms with Crippen molar-refractivity contribution in [1.82, 2.24) is 0 Å². The molecule has 2 amide bonds. The molecule has 0 aromatic heterocycles. The van der Waals surface area contributed by atoms with Crippen LogP contribution in [0.2, 0.25) is 5.02 Å². The van der Waals surface area contributed by atoms with Crippen LogP contribution in [0.4, 0.5) is 15.8 Å². The molecule has 2 aromatic carbocycles. The van der Waals surface area contributed by atoms with Crippen LogP contribution in [-0.4, -0.2) is 11.8 Å². The highest BCUT2D eigenvalue weighted by atomic mass is 35.5. The summed E-state index contributed by atoms with van der Waals surface area (Å²) in [6, 6.07) is 10.5. The molecule has 0 spiro atoms. The third-order valence-corrected chi connectivity index (χ3v) is 3.16. The minimum atomic E-state index is -0.349. The molecule has 0 aliphatic heterocycles. The van der Waals surface area contributed by atoms with E-state index in [-0.39, 0.29) is 17.6 Å². The van der Waals surface area contributed by atoms with Crippen molar-refractivity contribution in [3.8, 4) is 0 Å². The zero-order valence-corrected chi connectivity index (χ0v) is 13.0. The third kappa shape index (κ3) is 5.23. The molecule has 4 nitrogen and oxygen atoms in total. The van der Waals surface area contributed by atoms with Crippen molar-refractivity contribution >= 4 is 40.9 Å². The van der Waals surface area contributed by atoms with E-state index in [1.54, 1.807) is 30.3 Å². The number of hydrogen-bond acceptors (Lipinski definition) is 2. The van der Waals surface area contributed by atoms with Crippen LogP contribution in [0.15, 0.2) is 48.5 Å². The van der Waals surface area contributed by atoms with Crippen molar-refractivity contribution in [3.05, 3.63) is 64.9 Å². The van der Waals surface area contributed by atoms with Crippen molar-refractivity contribution < 1.29 is 14.0 Å². The lowest BCUT2D eigenvalue weighted by Gasteiger charge is -2.07. The molecule has 2 aromatic rings. The lowest BCUT2D eigenvalue weighted by atomic mass is 10.2. The first-order valence-corrected chi connectivity index (χ1v) is 7.13. The van der Waals surface area contributed by atoms with Gasteiger partial charge in [0.2, 0.25) is 11.8 Å². The Balaban J connectivity index is 2.01. The molecule has 118 valence electrons. The van der Waals surface area contributed by atoms with Crippen molar-refractivity contribution in [2.45, 2.75) is 6.92 Å². The van der Waals surface area contributed by atoms with E-state index >= 15 is 0 Å². The zero-order chi connectivity index (χ0) is 16.8. The third-order valence-electron chi connectivity index (χ3n) is 2.84. The molecule has 0 radical (unpaired) electrons. The summed E-state index contributed by atoms with van der Waals surface area (Å²) in [5.74, 6) is -0.913. The van der Waals surface area contributed by atoms with Gasteiger partial charge in [-0.1, -0.05) is 23.7 Å². The van der Waals surface area contributed by atoms with Crippen LogP contribution < -0.4 is 10.6 Å². The number of carbonyl (C=O) groups is 2. The first kappa shape index (κ1) is 16.7. The summed E-state index contributed by atoms with van der Waals surface area (Å²) >= 11 is 6.03. The van der Waals surface area contributed by atoms with Gasteiger partial charge in [-0.2, -0.15) is 0 Å². The average molecular weight is 333 g/mol. The van der Waals surface area contributed by atoms with Crippen LogP contribution in [0.3, 0.4) is 0 Å². The van der Waals surface area contributed by atoms with Crippen LogP contribution in [0.25, 0.3) is 6.08 Å². The smallest absolute Gasteiger partial charge is 0.248 e. The number of halogens is 2. The maximum Gasteiger partial charge on any atom is 0.248 e. The van der Waals surface area contributed by atoms with E-state index in [9.17, 15) is 14.0 Å². The van der Waals surface area contributed by atoms with Crippen LogP contribution in [0, 0.1) is 5.82 Å². The Kier molecular flexibility index (Phi) is 5.49. The molecule has 6 heteroatoms. The Labute approximate surface area is 138 Å². The largest absolute Gasteiger partial charge is 0.325 e. The number of anilines is 2. The fraction of sp³-hybridized carbons (Fsp3) is 0.0588. The second-order valence-electron chi connectivity index (χ2n) is 4.75.